The van der Waals surface area contributed by atoms with Crippen molar-refractivity contribution in [2.24, 2.45) is 0 Å². The van der Waals surface area contributed by atoms with E-state index in [0.29, 0.717) is 28.8 Å². The summed E-state index contributed by atoms with van der Waals surface area (Å²) in [4.78, 5) is 18.8. The van der Waals surface area contributed by atoms with E-state index < -0.39 is 4.92 Å². The van der Waals surface area contributed by atoms with Crippen LogP contribution in [0.25, 0.3) is 0 Å². The highest BCUT2D eigenvalue weighted by atomic mass is 16.6. The molecule has 0 atom stereocenters. The Hall–Kier alpha value is -2.70. The Kier molecular flexibility index (Phi) is 4.32. The van der Waals surface area contributed by atoms with Gasteiger partial charge in [-0.25, -0.2) is 4.98 Å². The number of ether oxygens (including phenoxy) is 1. The quantitative estimate of drug-likeness (QED) is 0.671. The zero-order valence-electron chi connectivity index (χ0n) is 12.1. The van der Waals surface area contributed by atoms with Crippen LogP contribution in [0.4, 0.5) is 11.5 Å². The van der Waals surface area contributed by atoms with Crippen molar-refractivity contribution < 1.29 is 9.66 Å². The molecular formula is C14H16N4O3. The number of hydrogen-bond acceptors (Lipinski definition) is 6. The number of aromatic nitrogens is 2. The number of rotatable bonds is 5. The predicted octanol–water partition coefficient (Wildman–Crippen LogP) is 3.23. The molecule has 2 rings (SSSR count). The van der Waals surface area contributed by atoms with E-state index in [1.807, 2.05) is 6.92 Å². The van der Waals surface area contributed by atoms with Gasteiger partial charge >= 0.3 is 0 Å². The summed E-state index contributed by atoms with van der Waals surface area (Å²) < 4.78 is 5.65. The number of anilines is 1. The molecular weight excluding hydrogens is 272 g/mol. The Morgan fingerprint density at radius 1 is 1.29 bits per heavy atom. The lowest BCUT2D eigenvalue weighted by Crippen LogP contribution is -2.02. The van der Waals surface area contributed by atoms with E-state index >= 15 is 0 Å². The molecule has 110 valence electrons. The third kappa shape index (κ3) is 3.65. The highest BCUT2D eigenvalue weighted by molar-refractivity contribution is 5.46. The number of nitrogens with one attached hydrogen (secondary N) is 1. The van der Waals surface area contributed by atoms with Gasteiger partial charge in [0.1, 0.15) is 17.4 Å². The van der Waals surface area contributed by atoms with Crippen LogP contribution in [0.2, 0.25) is 0 Å². The Morgan fingerprint density at radius 3 is 2.67 bits per heavy atom. The van der Waals surface area contributed by atoms with Gasteiger partial charge in [0.25, 0.3) is 5.69 Å². The van der Waals surface area contributed by atoms with Crippen LogP contribution in [0.1, 0.15) is 18.3 Å². The minimum Gasteiger partial charge on any atom is -0.439 e. The minimum absolute atomic E-state index is 0.0644. The van der Waals surface area contributed by atoms with Crippen LogP contribution in [0.15, 0.2) is 24.3 Å². The average molecular weight is 288 g/mol. The molecule has 2 aromatic rings. The molecule has 0 unspecified atom stereocenters. The van der Waals surface area contributed by atoms with Crippen LogP contribution < -0.4 is 10.1 Å². The topological polar surface area (TPSA) is 90.2 Å². The summed E-state index contributed by atoms with van der Waals surface area (Å²) in [6, 6.07) is 6.27. The first kappa shape index (κ1) is 14.7. The second kappa shape index (κ2) is 6.17. The molecule has 0 aliphatic carbocycles. The maximum atomic E-state index is 10.8. The highest BCUT2D eigenvalue weighted by Crippen LogP contribution is 2.27. The van der Waals surface area contributed by atoms with Gasteiger partial charge in [0, 0.05) is 24.2 Å². The van der Waals surface area contributed by atoms with Gasteiger partial charge in [0.15, 0.2) is 0 Å². The third-order valence-electron chi connectivity index (χ3n) is 2.76. The van der Waals surface area contributed by atoms with Crippen LogP contribution >= 0.6 is 0 Å². The molecule has 0 bridgehead atoms. The van der Waals surface area contributed by atoms with Crippen molar-refractivity contribution in [3.05, 3.63) is 45.8 Å². The number of nitrogens with zero attached hydrogens (tertiary/aromatic N) is 3. The lowest BCUT2D eigenvalue weighted by molar-refractivity contribution is -0.385. The SMILES string of the molecule is CCNc1cc(Oc2ccc([N+](=O)[O-])c(C)c2)nc(C)n1. The molecule has 1 aromatic heterocycles. The van der Waals surface area contributed by atoms with Gasteiger partial charge in [-0.15, -0.1) is 0 Å². The minimum atomic E-state index is -0.419. The largest absolute Gasteiger partial charge is 0.439 e. The first-order chi connectivity index (χ1) is 9.99. The maximum Gasteiger partial charge on any atom is 0.272 e. The monoisotopic (exact) mass is 288 g/mol. The van der Waals surface area contributed by atoms with Crippen molar-refractivity contribution in [1.82, 2.24) is 9.97 Å². The first-order valence-electron chi connectivity index (χ1n) is 6.52. The molecule has 1 N–H and O–H groups in total. The summed E-state index contributed by atoms with van der Waals surface area (Å²) in [7, 11) is 0. The number of aryl methyl sites for hydroxylation is 2. The van der Waals surface area contributed by atoms with E-state index in [0.717, 1.165) is 6.54 Å². The van der Waals surface area contributed by atoms with Gasteiger partial charge in [-0.2, -0.15) is 4.98 Å². The summed E-state index contributed by atoms with van der Waals surface area (Å²) in [6.45, 7) is 6.15. The molecule has 7 heteroatoms. The van der Waals surface area contributed by atoms with Gasteiger partial charge in [-0.05, 0) is 32.9 Å². The zero-order valence-corrected chi connectivity index (χ0v) is 12.1. The van der Waals surface area contributed by atoms with Crippen LogP contribution in [0.3, 0.4) is 0 Å². The Labute approximate surface area is 122 Å². The third-order valence-corrected chi connectivity index (χ3v) is 2.76. The fraction of sp³-hybridized carbons (Fsp3) is 0.286. The maximum absolute atomic E-state index is 10.8. The first-order valence-corrected chi connectivity index (χ1v) is 6.52. The van der Waals surface area contributed by atoms with Gasteiger partial charge in [-0.3, -0.25) is 10.1 Å². The van der Waals surface area contributed by atoms with Gasteiger partial charge in [-0.1, -0.05) is 0 Å². The number of benzene rings is 1. The van der Waals surface area contributed by atoms with E-state index in [4.69, 9.17) is 4.74 Å². The van der Waals surface area contributed by atoms with Crippen LogP contribution in [0.5, 0.6) is 11.6 Å². The number of nitro groups is 1. The Bertz CT molecular complexity index is 673. The van der Waals surface area contributed by atoms with Crippen molar-refractivity contribution in [1.29, 1.82) is 0 Å². The fourth-order valence-electron chi connectivity index (χ4n) is 1.88. The summed E-state index contributed by atoms with van der Waals surface area (Å²) in [5, 5.41) is 13.9. The average Bonchev–Trinajstić information content (AvgIpc) is 2.37. The van der Waals surface area contributed by atoms with Crippen molar-refractivity contribution in [2.45, 2.75) is 20.8 Å². The van der Waals surface area contributed by atoms with Crippen molar-refractivity contribution in [3.63, 3.8) is 0 Å². The molecule has 0 amide bonds. The molecule has 21 heavy (non-hydrogen) atoms. The smallest absolute Gasteiger partial charge is 0.272 e. The normalized spacial score (nSPS) is 10.2. The van der Waals surface area contributed by atoms with E-state index in [1.54, 1.807) is 32.0 Å². The Morgan fingerprint density at radius 2 is 2.05 bits per heavy atom. The second-order valence-corrected chi connectivity index (χ2v) is 4.48. The number of nitro benzene ring substituents is 1. The number of hydrogen-bond donors (Lipinski definition) is 1. The molecule has 0 radical (unpaired) electrons. The molecule has 0 saturated carbocycles. The predicted molar refractivity (Wildman–Crippen MR) is 78.8 cm³/mol. The fourth-order valence-corrected chi connectivity index (χ4v) is 1.88. The lowest BCUT2D eigenvalue weighted by Gasteiger charge is -2.09. The summed E-state index contributed by atoms with van der Waals surface area (Å²) in [5.41, 5.74) is 0.602. The molecule has 1 aromatic carbocycles. The standard InChI is InChI=1S/C14H16N4O3/c1-4-15-13-8-14(17-10(3)16-13)21-11-5-6-12(18(19)20)9(2)7-11/h5-8H,4H2,1-3H3,(H,15,16,17). The zero-order chi connectivity index (χ0) is 15.4. The molecule has 0 aliphatic rings. The van der Waals surface area contributed by atoms with Crippen LogP contribution in [-0.4, -0.2) is 21.4 Å². The van der Waals surface area contributed by atoms with Crippen LogP contribution in [0, 0.1) is 24.0 Å². The van der Waals surface area contributed by atoms with E-state index in [2.05, 4.69) is 15.3 Å². The summed E-state index contributed by atoms with van der Waals surface area (Å²) >= 11 is 0. The van der Waals surface area contributed by atoms with Gasteiger partial charge in [0.2, 0.25) is 5.88 Å². The van der Waals surface area contributed by atoms with Crippen LogP contribution in [-0.2, 0) is 0 Å². The lowest BCUT2D eigenvalue weighted by atomic mass is 10.2. The summed E-state index contributed by atoms with van der Waals surface area (Å²) in [6.07, 6.45) is 0. The van der Waals surface area contributed by atoms with Gasteiger partial charge in [0.05, 0.1) is 4.92 Å². The van der Waals surface area contributed by atoms with Crippen molar-refractivity contribution in [2.75, 3.05) is 11.9 Å². The van der Waals surface area contributed by atoms with E-state index in [1.165, 1.54) is 6.07 Å². The van der Waals surface area contributed by atoms with Crippen molar-refractivity contribution >= 4 is 11.5 Å². The molecule has 0 fully saturated rings. The molecule has 1 heterocycles. The van der Waals surface area contributed by atoms with E-state index in [9.17, 15) is 10.1 Å². The highest BCUT2D eigenvalue weighted by Gasteiger charge is 2.11. The molecule has 7 nitrogen and oxygen atoms in total. The summed E-state index contributed by atoms with van der Waals surface area (Å²) in [5.74, 6) is 2.16. The molecule has 0 saturated heterocycles. The molecule has 0 aliphatic heterocycles. The second-order valence-electron chi connectivity index (χ2n) is 4.48. The van der Waals surface area contributed by atoms with Gasteiger partial charge < -0.3 is 10.1 Å². The molecule has 0 spiro atoms. The van der Waals surface area contributed by atoms with Crippen molar-refractivity contribution in [3.8, 4) is 11.6 Å². The van der Waals surface area contributed by atoms with E-state index in [-0.39, 0.29) is 5.69 Å². The Balaban J connectivity index is 2.25.